The second-order valence-electron chi connectivity index (χ2n) is 1.96. The van der Waals surface area contributed by atoms with Gasteiger partial charge < -0.3 is 15.4 Å². The highest BCUT2D eigenvalue weighted by Gasteiger charge is 1.97. The van der Waals surface area contributed by atoms with E-state index in [2.05, 4.69) is 0 Å². The standard InChI is InChI=1S/C6H7NO3S.ClH/c7-5-3-4(11(9)10)1-2-6(5)8;/h1-3,8H,7H2,(H,9,10);1H/p-1. The molecule has 0 saturated carbocycles. The third kappa shape index (κ3) is 2.37. The molecule has 0 aliphatic rings. The first-order valence-electron chi connectivity index (χ1n) is 2.79. The van der Waals surface area contributed by atoms with E-state index in [0.29, 0.717) is 0 Å². The van der Waals surface area contributed by atoms with E-state index in [4.69, 9.17) is 10.8 Å². The molecule has 0 spiro atoms. The number of benzene rings is 1. The van der Waals surface area contributed by atoms with Crippen molar-refractivity contribution in [1.82, 2.24) is 0 Å². The number of phenols is 1. The van der Waals surface area contributed by atoms with Crippen LogP contribution in [-0.4, -0.2) is 13.9 Å². The van der Waals surface area contributed by atoms with Crippen LogP contribution >= 0.6 is 12.4 Å². The molecule has 6 heteroatoms. The number of hydrogen-bond acceptors (Lipinski definition) is 4. The Morgan fingerprint density at radius 2 is 2.08 bits per heavy atom. The van der Waals surface area contributed by atoms with Crippen LogP contribution in [0.2, 0.25) is 0 Å². The fraction of sp³-hybridized carbons (Fsp3) is 0. The van der Waals surface area contributed by atoms with Crippen LogP contribution in [0.4, 0.5) is 5.69 Å². The van der Waals surface area contributed by atoms with Crippen LogP contribution in [0.5, 0.6) is 5.75 Å². The van der Waals surface area contributed by atoms with Crippen LogP contribution in [0.25, 0.3) is 0 Å². The van der Waals surface area contributed by atoms with Crippen molar-refractivity contribution in [3.8, 4) is 5.75 Å². The molecule has 0 saturated heterocycles. The molecule has 0 amide bonds. The molecular weight excluding hydrogens is 202 g/mol. The second kappa shape index (κ2) is 4.30. The monoisotopic (exact) mass is 208 g/mol. The number of halogens is 1. The highest BCUT2D eigenvalue weighted by atomic mass is 35.5. The third-order valence-electron chi connectivity index (χ3n) is 1.19. The fourth-order valence-corrected chi connectivity index (χ4v) is 1.04. The smallest absolute Gasteiger partial charge is 0.138 e. The van der Waals surface area contributed by atoms with Gasteiger partial charge >= 0.3 is 0 Å². The Morgan fingerprint density at radius 3 is 2.50 bits per heavy atom. The average molecular weight is 209 g/mol. The molecule has 1 rings (SSSR count). The van der Waals surface area contributed by atoms with Gasteiger partial charge in [-0.3, -0.25) is 4.21 Å². The molecule has 3 N–H and O–H groups in total. The van der Waals surface area contributed by atoms with E-state index >= 15 is 0 Å². The van der Waals surface area contributed by atoms with Crippen molar-refractivity contribution in [3.05, 3.63) is 18.2 Å². The maximum absolute atomic E-state index is 10.3. The molecule has 0 heterocycles. The molecule has 0 aliphatic carbocycles. The van der Waals surface area contributed by atoms with Gasteiger partial charge in [0, 0.05) is 4.90 Å². The Morgan fingerprint density at radius 1 is 1.50 bits per heavy atom. The summed E-state index contributed by atoms with van der Waals surface area (Å²) in [6, 6.07) is 3.70. The number of nitrogens with two attached hydrogens (primary N) is 1. The molecule has 0 bridgehead atoms. The number of anilines is 1. The van der Waals surface area contributed by atoms with Gasteiger partial charge in [0.25, 0.3) is 0 Å². The molecule has 4 nitrogen and oxygen atoms in total. The summed E-state index contributed by atoms with van der Waals surface area (Å²) < 4.78 is 20.7. The summed E-state index contributed by atoms with van der Waals surface area (Å²) >= 11 is -2.29. The maximum Gasteiger partial charge on any atom is 0.138 e. The van der Waals surface area contributed by atoms with Crippen molar-refractivity contribution >= 4 is 29.2 Å². The third-order valence-corrected chi connectivity index (χ3v) is 1.83. The highest BCUT2D eigenvalue weighted by molar-refractivity contribution is 7.79. The molecule has 0 aromatic heterocycles. The fourth-order valence-electron chi connectivity index (χ4n) is 0.636. The minimum Gasteiger partial charge on any atom is -0.768 e. The lowest BCUT2D eigenvalue weighted by atomic mass is 10.3. The topological polar surface area (TPSA) is 86.4 Å². The van der Waals surface area contributed by atoms with E-state index in [0.717, 1.165) is 0 Å². The molecule has 1 atom stereocenters. The van der Waals surface area contributed by atoms with E-state index in [-0.39, 0.29) is 28.7 Å². The van der Waals surface area contributed by atoms with Gasteiger partial charge in [-0.05, 0) is 29.3 Å². The van der Waals surface area contributed by atoms with Crippen LogP contribution in [0.1, 0.15) is 0 Å². The number of rotatable bonds is 1. The van der Waals surface area contributed by atoms with Gasteiger partial charge in [-0.1, -0.05) is 0 Å². The molecule has 1 unspecified atom stereocenters. The lowest BCUT2D eigenvalue weighted by Gasteiger charge is -2.05. The molecule has 1 aromatic rings. The van der Waals surface area contributed by atoms with Crippen molar-refractivity contribution in [2.45, 2.75) is 4.90 Å². The van der Waals surface area contributed by atoms with Crippen molar-refractivity contribution in [2.75, 3.05) is 5.73 Å². The maximum atomic E-state index is 10.3. The summed E-state index contributed by atoms with van der Waals surface area (Å²) in [5.41, 5.74) is 5.30. The molecule has 12 heavy (non-hydrogen) atoms. The highest BCUT2D eigenvalue weighted by Crippen LogP contribution is 2.21. The van der Waals surface area contributed by atoms with Gasteiger partial charge in [-0.25, -0.2) is 0 Å². The van der Waals surface area contributed by atoms with Crippen LogP contribution in [-0.2, 0) is 11.1 Å². The first kappa shape index (κ1) is 11.2. The first-order valence-corrected chi connectivity index (χ1v) is 3.86. The summed E-state index contributed by atoms with van der Waals surface area (Å²) in [6.45, 7) is 0. The molecule has 0 radical (unpaired) electrons. The Kier molecular flexibility index (Phi) is 4.02. The van der Waals surface area contributed by atoms with Gasteiger partial charge in [0.2, 0.25) is 0 Å². The van der Waals surface area contributed by atoms with Gasteiger partial charge in [0.1, 0.15) is 5.75 Å². The number of hydrogen-bond donors (Lipinski definition) is 2. The first-order chi connectivity index (χ1) is 5.11. The number of phenolic OH excluding ortho intramolecular Hbond substituents is 1. The summed E-state index contributed by atoms with van der Waals surface area (Å²) in [5.74, 6) is -0.112. The molecular formula is C6H7ClNO3S-. The van der Waals surface area contributed by atoms with Gasteiger partial charge in [-0.15, -0.1) is 12.4 Å². The SMILES string of the molecule is Cl.Nc1cc(S(=O)[O-])ccc1O. The van der Waals surface area contributed by atoms with Crippen molar-refractivity contribution < 1.29 is 13.9 Å². The number of nitrogen functional groups attached to an aromatic ring is 1. The lowest BCUT2D eigenvalue weighted by molar-refractivity contribution is 0.477. The van der Waals surface area contributed by atoms with E-state index in [1.807, 2.05) is 0 Å². The minimum atomic E-state index is -2.29. The summed E-state index contributed by atoms with van der Waals surface area (Å²) in [5, 5.41) is 8.90. The van der Waals surface area contributed by atoms with Gasteiger partial charge in [0.15, 0.2) is 0 Å². The van der Waals surface area contributed by atoms with E-state index in [1.165, 1.54) is 18.2 Å². The molecule has 0 fully saturated rings. The predicted molar refractivity (Wildman–Crippen MR) is 47.0 cm³/mol. The van der Waals surface area contributed by atoms with E-state index in [1.54, 1.807) is 0 Å². The van der Waals surface area contributed by atoms with Gasteiger partial charge in [-0.2, -0.15) is 0 Å². The Bertz CT molecular complexity index is 305. The van der Waals surface area contributed by atoms with Crippen molar-refractivity contribution in [3.63, 3.8) is 0 Å². The zero-order valence-corrected chi connectivity index (χ0v) is 7.52. The van der Waals surface area contributed by atoms with Crippen molar-refractivity contribution in [2.24, 2.45) is 0 Å². The molecule has 1 aromatic carbocycles. The van der Waals surface area contributed by atoms with Crippen LogP contribution in [0.15, 0.2) is 23.1 Å². The van der Waals surface area contributed by atoms with Crippen LogP contribution < -0.4 is 5.73 Å². The number of aromatic hydroxyl groups is 1. The quantitative estimate of drug-likeness (QED) is 0.403. The molecule has 68 valence electrons. The summed E-state index contributed by atoms with van der Waals surface area (Å²) in [6.07, 6.45) is 0. The van der Waals surface area contributed by atoms with Gasteiger partial charge in [0.05, 0.1) is 5.69 Å². The van der Waals surface area contributed by atoms with E-state index < -0.39 is 11.1 Å². The van der Waals surface area contributed by atoms with Crippen LogP contribution in [0, 0.1) is 0 Å². The zero-order chi connectivity index (χ0) is 8.43. The normalized spacial score (nSPS) is 11.8. The zero-order valence-electron chi connectivity index (χ0n) is 5.89. The second-order valence-corrected chi connectivity index (χ2v) is 2.90. The largest absolute Gasteiger partial charge is 0.768 e. The lowest BCUT2D eigenvalue weighted by Crippen LogP contribution is -1.91. The summed E-state index contributed by atoms with van der Waals surface area (Å²) in [4.78, 5) is 0.0697. The van der Waals surface area contributed by atoms with Crippen LogP contribution in [0.3, 0.4) is 0 Å². The van der Waals surface area contributed by atoms with Crippen molar-refractivity contribution in [1.29, 1.82) is 0 Å². The Balaban J connectivity index is 0.00000121. The Hall–Kier alpha value is -0.780. The average Bonchev–Trinajstić information content (AvgIpc) is 1.94. The van der Waals surface area contributed by atoms with E-state index in [9.17, 15) is 8.76 Å². The summed E-state index contributed by atoms with van der Waals surface area (Å²) in [7, 11) is 0. The Labute approximate surface area is 78.1 Å². The minimum absolute atomic E-state index is 0. The predicted octanol–water partition coefficient (Wildman–Crippen LogP) is 0.634. The molecule has 0 aliphatic heterocycles.